The average molecular weight is 281 g/mol. The lowest BCUT2D eigenvalue weighted by Gasteiger charge is -2.17. The van der Waals surface area contributed by atoms with Crippen LogP contribution >= 0.6 is 0 Å². The molecule has 0 aromatic heterocycles. The highest BCUT2D eigenvalue weighted by Crippen LogP contribution is 2.38. The molecule has 0 spiro atoms. The predicted molar refractivity (Wildman–Crippen MR) is 83.2 cm³/mol. The number of amides is 1. The third kappa shape index (κ3) is 2.45. The van der Waals surface area contributed by atoms with Crippen molar-refractivity contribution in [2.75, 3.05) is 5.32 Å². The van der Waals surface area contributed by atoms with Crippen molar-refractivity contribution in [1.82, 2.24) is 0 Å². The molecule has 3 nitrogen and oxygen atoms in total. The lowest BCUT2D eigenvalue weighted by Crippen LogP contribution is -2.26. The summed E-state index contributed by atoms with van der Waals surface area (Å²) in [5.74, 6) is 0.00667. The fourth-order valence-electron chi connectivity index (χ4n) is 2.75. The Labute approximate surface area is 124 Å². The fraction of sp³-hybridized carbons (Fsp3) is 0.278. The summed E-state index contributed by atoms with van der Waals surface area (Å²) in [4.78, 5) is 12.0. The van der Waals surface area contributed by atoms with E-state index in [1.54, 1.807) is 0 Å². The molecule has 0 saturated heterocycles. The first kappa shape index (κ1) is 13.8. The molecule has 108 valence electrons. The molecular weight excluding hydrogens is 262 g/mol. The van der Waals surface area contributed by atoms with E-state index in [9.17, 15) is 9.90 Å². The maximum absolute atomic E-state index is 12.0. The topological polar surface area (TPSA) is 49.3 Å². The van der Waals surface area contributed by atoms with Gasteiger partial charge in [0.2, 0.25) is 5.91 Å². The molecule has 0 radical (unpaired) electrons. The Morgan fingerprint density at radius 2 is 1.86 bits per heavy atom. The van der Waals surface area contributed by atoms with Crippen LogP contribution in [0.1, 0.15) is 36.6 Å². The van der Waals surface area contributed by atoms with Crippen LogP contribution in [0.25, 0.3) is 0 Å². The van der Waals surface area contributed by atoms with Gasteiger partial charge in [0.15, 0.2) is 0 Å². The van der Waals surface area contributed by atoms with Crippen LogP contribution in [0.5, 0.6) is 0 Å². The average Bonchev–Trinajstić information content (AvgIpc) is 2.70. The summed E-state index contributed by atoms with van der Waals surface area (Å²) in [5.41, 5.74) is 3.21. The van der Waals surface area contributed by atoms with Gasteiger partial charge in [0.05, 0.1) is 11.5 Å². The van der Waals surface area contributed by atoms with Gasteiger partial charge in [-0.1, -0.05) is 42.5 Å². The van der Waals surface area contributed by atoms with Gasteiger partial charge in [0, 0.05) is 12.1 Å². The molecule has 1 aliphatic rings. The molecule has 1 heterocycles. The monoisotopic (exact) mass is 281 g/mol. The zero-order valence-corrected chi connectivity index (χ0v) is 12.3. The van der Waals surface area contributed by atoms with Crippen molar-refractivity contribution < 1.29 is 9.90 Å². The number of aliphatic hydroxyl groups excluding tert-OH is 1. The van der Waals surface area contributed by atoms with Crippen molar-refractivity contribution in [1.29, 1.82) is 0 Å². The van der Waals surface area contributed by atoms with Gasteiger partial charge >= 0.3 is 0 Å². The Kier molecular flexibility index (Phi) is 3.30. The second-order valence-corrected chi connectivity index (χ2v) is 6.09. The number of benzene rings is 2. The van der Waals surface area contributed by atoms with Gasteiger partial charge < -0.3 is 10.4 Å². The lowest BCUT2D eigenvalue weighted by atomic mass is 9.84. The second-order valence-electron chi connectivity index (χ2n) is 6.09. The minimum Gasteiger partial charge on any atom is -0.388 e. The van der Waals surface area contributed by atoms with Crippen molar-refractivity contribution >= 4 is 11.6 Å². The van der Waals surface area contributed by atoms with E-state index < -0.39 is 11.5 Å². The SMILES string of the molecule is CC1(C)C(=O)Nc2ccc(C(O)Cc3ccccc3)cc21. The number of aliphatic hydroxyl groups is 1. The zero-order valence-electron chi connectivity index (χ0n) is 12.3. The Hall–Kier alpha value is -2.13. The molecule has 1 amide bonds. The van der Waals surface area contributed by atoms with Gasteiger partial charge in [-0.2, -0.15) is 0 Å². The van der Waals surface area contributed by atoms with Gasteiger partial charge in [0.1, 0.15) is 0 Å². The highest BCUT2D eigenvalue weighted by Gasteiger charge is 2.38. The summed E-state index contributed by atoms with van der Waals surface area (Å²) < 4.78 is 0. The Morgan fingerprint density at radius 1 is 1.14 bits per heavy atom. The quantitative estimate of drug-likeness (QED) is 0.907. The Morgan fingerprint density at radius 3 is 2.57 bits per heavy atom. The van der Waals surface area contributed by atoms with Crippen LogP contribution in [0.15, 0.2) is 48.5 Å². The maximum atomic E-state index is 12.0. The summed E-state index contributed by atoms with van der Waals surface area (Å²) in [6, 6.07) is 15.6. The molecule has 2 N–H and O–H groups in total. The van der Waals surface area contributed by atoms with Crippen LogP contribution in [-0.4, -0.2) is 11.0 Å². The molecule has 2 aromatic rings. The summed E-state index contributed by atoms with van der Waals surface area (Å²) in [6.07, 6.45) is 0.00531. The molecule has 0 bridgehead atoms. The summed E-state index contributed by atoms with van der Waals surface area (Å²) in [6.45, 7) is 3.81. The van der Waals surface area contributed by atoms with Gasteiger partial charge in [-0.3, -0.25) is 4.79 Å². The number of carbonyl (C=O) groups excluding carboxylic acids is 1. The van der Waals surface area contributed by atoms with E-state index >= 15 is 0 Å². The number of fused-ring (bicyclic) bond motifs is 1. The van der Waals surface area contributed by atoms with E-state index in [1.165, 1.54) is 0 Å². The number of carbonyl (C=O) groups is 1. The van der Waals surface area contributed by atoms with Crippen molar-refractivity contribution in [2.45, 2.75) is 31.8 Å². The summed E-state index contributed by atoms with van der Waals surface area (Å²) in [7, 11) is 0. The first-order chi connectivity index (χ1) is 9.98. The normalized spacial score (nSPS) is 17.2. The number of anilines is 1. The van der Waals surface area contributed by atoms with Gasteiger partial charge in [0.25, 0.3) is 0 Å². The van der Waals surface area contributed by atoms with E-state index in [2.05, 4.69) is 5.32 Å². The predicted octanol–water partition coefficient (Wildman–Crippen LogP) is 3.19. The van der Waals surface area contributed by atoms with Crippen LogP contribution in [-0.2, 0) is 16.6 Å². The second kappa shape index (κ2) is 5.01. The van der Waals surface area contributed by atoms with Crippen LogP contribution < -0.4 is 5.32 Å². The Balaban J connectivity index is 1.88. The minimum absolute atomic E-state index is 0.00667. The van der Waals surface area contributed by atoms with Crippen LogP contribution in [0.3, 0.4) is 0 Å². The van der Waals surface area contributed by atoms with Crippen LogP contribution in [0, 0.1) is 0 Å². The van der Waals surface area contributed by atoms with E-state index in [0.717, 1.165) is 22.4 Å². The van der Waals surface area contributed by atoms with Crippen molar-refractivity contribution in [2.24, 2.45) is 0 Å². The molecule has 0 aliphatic carbocycles. The number of hydrogen-bond donors (Lipinski definition) is 2. The van der Waals surface area contributed by atoms with E-state index in [0.29, 0.717) is 6.42 Å². The van der Waals surface area contributed by atoms with Crippen LogP contribution in [0.4, 0.5) is 5.69 Å². The number of hydrogen-bond acceptors (Lipinski definition) is 2. The number of nitrogens with one attached hydrogen (secondary N) is 1. The highest BCUT2D eigenvalue weighted by atomic mass is 16.3. The van der Waals surface area contributed by atoms with E-state index in [4.69, 9.17) is 0 Å². The van der Waals surface area contributed by atoms with Crippen molar-refractivity contribution in [3.8, 4) is 0 Å². The van der Waals surface area contributed by atoms with E-state index in [1.807, 2.05) is 62.4 Å². The third-order valence-corrected chi connectivity index (χ3v) is 4.19. The molecular formula is C18H19NO2. The molecule has 1 atom stereocenters. The van der Waals surface area contributed by atoms with Crippen molar-refractivity contribution in [3.05, 3.63) is 65.2 Å². The summed E-state index contributed by atoms with van der Waals surface area (Å²) in [5, 5.41) is 13.3. The molecule has 1 unspecified atom stereocenters. The van der Waals surface area contributed by atoms with Gasteiger partial charge in [-0.25, -0.2) is 0 Å². The zero-order chi connectivity index (χ0) is 15.0. The highest BCUT2D eigenvalue weighted by molar-refractivity contribution is 6.05. The molecule has 3 rings (SSSR count). The Bertz CT molecular complexity index is 677. The smallest absolute Gasteiger partial charge is 0.234 e. The molecule has 0 saturated carbocycles. The molecule has 21 heavy (non-hydrogen) atoms. The largest absolute Gasteiger partial charge is 0.388 e. The number of rotatable bonds is 3. The minimum atomic E-state index is -0.566. The van der Waals surface area contributed by atoms with E-state index in [-0.39, 0.29) is 5.91 Å². The maximum Gasteiger partial charge on any atom is 0.234 e. The van der Waals surface area contributed by atoms with Crippen LogP contribution in [0.2, 0.25) is 0 Å². The third-order valence-electron chi connectivity index (χ3n) is 4.19. The first-order valence-corrected chi connectivity index (χ1v) is 7.16. The standard InChI is InChI=1S/C18H19NO2/c1-18(2)14-11-13(8-9-15(14)19-17(18)21)16(20)10-12-6-4-3-5-7-12/h3-9,11,16,20H,10H2,1-2H3,(H,19,21). The fourth-order valence-corrected chi connectivity index (χ4v) is 2.75. The molecule has 2 aromatic carbocycles. The molecule has 0 fully saturated rings. The molecule has 1 aliphatic heterocycles. The van der Waals surface area contributed by atoms with Gasteiger partial charge in [-0.05, 0) is 36.6 Å². The van der Waals surface area contributed by atoms with Gasteiger partial charge in [-0.15, -0.1) is 0 Å². The van der Waals surface area contributed by atoms with Crippen molar-refractivity contribution in [3.63, 3.8) is 0 Å². The first-order valence-electron chi connectivity index (χ1n) is 7.16. The molecule has 3 heteroatoms. The lowest BCUT2D eigenvalue weighted by molar-refractivity contribution is -0.119. The summed E-state index contributed by atoms with van der Waals surface area (Å²) >= 11 is 0.